The normalized spacial score (nSPS) is 10.6. The average molecular weight is 271 g/mol. The molecule has 2 aromatic carbocycles. The van der Waals surface area contributed by atoms with E-state index in [1.165, 1.54) is 11.7 Å². The van der Waals surface area contributed by atoms with Crippen LogP contribution in [-0.2, 0) is 0 Å². The Morgan fingerprint density at radius 2 is 1.19 bits per heavy atom. The van der Waals surface area contributed by atoms with Crippen LogP contribution in [0, 0.1) is 0 Å². The molecule has 0 saturated heterocycles. The van der Waals surface area contributed by atoms with Crippen LogP contribution in [0.1, 0.15) is 13.3 Å². The molecule has 0 bridgehead atoms. The zero-order valence-electron chi connectivity index (χ0n) is 9.77. The van der Waals surface area contributed by atoms with Gasteiger partial charge < -0.3 is 0 Å². The van der Waals surface area contributed by atoms with Gasteiger partial charge >= 0.3 is 102 Å². The maximum atomic E-state index is 2.31. The Morgan fingerprint density at radius 3 is 1.56 bits per heavy atom. The van der Waals surface area contributed by atoms with Crippen molar-refractivity contribution in [2.45, 2.75) is 18.6 Å². The van der Waals surface area contributed by atoms with E-state index >= 15 is 0 Å². The fourth-order valence-electron chi connectivity index (χ4n) is 2.19. The van der Waals surface area contributed by atoms with Crippen molar-refractivity contribution in [3.05, 3.63) is 60.7 Å². The second kappa shape index (κ2) is 5.90. The molecule has 82 valence electrons. The molecule has 0 saturated carbocycles. The van der Waals surface area contributed by atoms with Crippen molar-refractivity contribution < 1.29 is 0 Å². The third kappa shape index (κ3) is 2.76. The predicted molar refractivity (Wildman–Crippen MR) is 74.4 cm³/mol. The Bertz CT molecular complexity index is 368. The Balaban J connectivity index is 2.31. The molecule has 0 heterocycles. The molecular formula is C15H18Ge. The van der Waals surface area contributed by atoms with Crippen molar-refractivity contribution in [2.75, 3.05) is 0 Å². The van der Waals surface area contributed by atoms with Gasteiger partial charge in [-0.2, -0.15) is 0 Å². The third-order valence-corrected chi connectivity index (χ3v) is 10.4. The summed E-state index contributed by atoms with van der Waals surface area (Å²) in [5, 5.41) is 1.40. The molecule has 0 spiro atoms. The van der Waals surface area contributed by atoms with Crippen LogP contribution >= 0.6 is 0 Å². The molecule has 0 unspecified atom stereocenters. The molecule has 0 nitrogen and oxygen atoms in total. The predicted octanol–water partition coefficient (Wildman–Crippen LogP) is 2.44. The molecule has 0 radical (unpaired) electrons. The van der Waals surface area contributed by atoms with Gasteiger partial charge in [-0.3, -0.25) is 0 Å². The fraction of sp³-hybridized carbons (Fsp3) is 0.200. The molecule has 2 rings (SSSR count). The Kier molecular flexibility index (Phi) is 4.23. The summed E-state index contributed by atoms with van der Waals surface area (Å²) in [5.41, 5.74) is 0. The summed E-state index contributed by atoms with van der Waals surface area (Å²) >= 11 is -1.48. The van der Waals surface area contributed by atoms with Crippen LogP contribution in [0.4, 0.5) is 0 Å². The monoisotopic (exact) mass is 272 g/mol. The van der Waals surface area contributed by atoms with Crippen LogP contribution in [-0.4, -0.2) is 14.3 Å². The molecule has 0 atom stereocenters. The molecule has 0 aliphatic heterocycles. The summed E-state index contributed by atoms with van der Waals surface area (Å²) in [7, 11) is 0. The van der Waals surface area contributed by atoms with E-state index < -0.39 is 14.3 Å². The first-order valence-corrected chi connectivity index (χ1v) is 10.1. The fourth-order valence-corrected chi connectivity index (χ4v) is 8.48. The number of hydrogen-bond acceptors (Lipinski definition) is 0. The summed E-state index contributed by atoms with van der Waals surface area (Å²) in [6.45, 7) is 2.30. The first-order valence-electron chi connectivity index (χ1n) is 6.01. The molecule has 0 aliphatic carbocycles. The van der Waals surface area contributed by atoms with E-state index in [1.54, 1.807) is 8.79 Å². The van der Waals surface area contributed by atoms with Crippen molar-refractivity contribution in [1.29, 1.82) is 0 Å². The number of hydrogen-bond donors (Lipinski definition) is 0. The second-order valence-corrected chi connectivity index (χ2v) is 10.5. The molecule has 0 aromatic heterocycles. The van der Waals surface area contributed by atoms with Gasteiger partial charge in [-0.15, -0.1) is 0 Å². The van der Waals surface area contributed by atoms with Gasteiger partial charge in [-0.25, -0.2) is 0 Å². The Labute approximate surface area is 102 Å². The Morgan fingerprint density at radius 1 is 0.750 bits per heavy atom. The molecule has 16 heavy (non-hydrogen) atoms. The second-order valence-electron chi connectivity index (χ2n) is 4.16. The summed E-state index contributed by atoms with van der Waals surface area (Å²) in [6, 6.07) is 22.2. The van der Waals surface area contributed by atoms with E-state index in [0.29, 0.717) is 0 Å². The summed E-state index contributed by atoms with van der Waals surface area (Å²) < 4.78 is 3.23. The van der Waals surface area contributed by atoms with Crippen LogP contribution in [0.5, 0.6) is 0 Å². The van der Waals surface area contributed by atoms with Crippen molar-refractivity contribution >= 4 is 23.1 Å². The van der Waals surface area contributed by atoms with Gasteiger partial charge in [-0.05, 0) is 0 Å². The minimum atomic E-state index is -1.48. The van der Waals surface area contributed by atoms with Crippen molar-refractivity contribution in [2.24, 2.45) is 0 Å². The molecule has 0 amide bonds. The number of rotatable bonds is 4. The van der Waals surface area contributed by atoms with Gasteiger partial charge in [0, 0.05) is 0 Å². The van der Waals surface area contributed by atoms with E-state index in [9.17, 15) is 0 Å². The van der Waals surface area contributed by atoms with Crippen LogP contribution in [0.15, 0.2) is 60.7 Å². The van der Waals surface area contributed by atoms with E-state index in [4.69, 9.17) is 0 Å². The third-order valence-electron chi connectivity index (χ3n) is 2.98. The summed E-state index contributed by atoms with van der Waals surface area (Å²) in [5.74, 6) is 0. The van der Waals surface area contributed by atoms with Crippen LogP contribution in [0.3, 0.4) is 0 Å². The van der Waals surface area contributed by atoms with Gasteiger partial charge in [0.05, 0.1) is 0 Å². The maximum absolute atomic E-state index is 2.31. The molecular weight excluding hydrogens is 253 g/mol. The SMILES string of the molecule is CC[CH2][GeH]([c]1ccccc1)[c]1ccccc1. The van der Waals surface area contributed by atoms with Crippen molar-refractivity contribution in [3.63, 3.8) is 0 Å². The minimum absolute atomic E-state index is 1.30. The van der Waals surface area contributed by atoms with Crippen LogP contribution in [0.2, 0.25) is 5.25 Å². The van der Waals surface area contributed by atoms with Gasteiger partial charge in [0.1, 0.15) is 0 Å². The standard InChI is InChI=1S/C15H18Ge/c1-2-13-16(14-9-5-3-6-10-14)15-11-7-4-8-12-15/h3-12,16H,2,13H2,1H3. The molecule has 2 aromatic rings. The van der Waals surface area contributed by atoms with E-state index in [0.717, 1.165) is 0 Å². The molecule has 0 fully saturated rings. The average Bonchev–Trinajstić information content (AvgIpc) is 2.38. The topological polar surface area (TPSA) is 0 Å². The summed E-state index contributed by atoms with van der Waals surface area (Å²) in [6.07, 6.45) is 1.30. The van der Waals surface area contributed by atoms with Gasteiger partial charge in [0.25, 0.3) is 0 Å². The van der Waals surface area contributed by atoms with Gasteiger partial charge in [0.2, 0.25) is 0 Å². The van der Waals surface area contributed by atoms with Gasteiger partial charge in [0.15, 0.2) is 0 Å². The van der Waals surface area contributed by atoms with Crippen LogP contribution in [0.25, 0.3) is 0 Å². The van der Waals surface area contributed by atoms with E-state index in [1.807, 2.05) is 0 Å². The van der Waals surface area contributed by atoms with Crippen molar-refractivity contribution in [3.8, 4) is 0 Å². The van der Waals surface area contributed by atoms with E-state index in [2.05, 4.69) is 67.6 Å². The Hall–Kier alpha value is -1.02. The summed E-state index contributed by atoms with van der Waals surface area (Å²) in [4.78, 5) is 0. The molecule has 0 N–H and O–H groups in total. The zero-order valence-corrected chi connectivity index (χ0v) is 12.2. The quantitative estimate of drug-likeness (QED) is 0.749. The van der Waals surface area contributed by atoms with E-state index in [-0.39, 0.29) is 0 Å². The first-order chi connectivity index (χ1) is 7.92. The van der Waals surface area contributed by atoms with Crippen molar-refractivity contribution in [1.82, 2.24) is 0 Å². The zero-order chi connectivity index (χ0) is 11.2. The van der Waals surface area contributed by atoms with Gasteiger partial charge in [-0.1, -0.05) is 0 Å². The first kappa shape index (κ1) is 11.5. The van der Waals surface area contributed by atoms with Crippen LogP contribution < -0.4 is 8.79 Å². The number of benzene rings is 2. The molecule has 1 heteroatoms. The molecule has 0 aliphatic rings.